The second kappa shape index (κ2) is 11.8. The third-order valence-corrected chi connectivity index (χ3v) is 6.85. The molecule has 2 aromatic carbocycles. The van der Waals surface area contributed by atoms with E-state index < -0.39 is 0 Å². The summed E-state index contributed by atoms with van der Waals surface area (Å²) in [7, 11) is 5.69. The first-order valence-corrected chi connectivity index (χ1v) is 12.5. The normalized spacial score (nSPS) is 13.8. The van der Waals surface area contributed by atoms with E-state index in [2.05, 4.69) is 44.0 Å². The number of nitrogens with two attached hydrogens (primary N) is 1. The number of likely N-dealkylation sites (tertiary alicyclic amines) is 1. The van der Waals surface area contributed by atoms with Crippen molar-refractivity contribution in [2.75, 3.05) is 50.2 Å². The molecule has 38 heavy (non-hydrogen) atoms. The average molecular weight is 512 g/mol. The number of aromatic nitrogens is 2. The van der Waals surface area contributed by atoms with E-state index in [0.29, 0.717) is 40.0 Å². The molecular formula is C29H33N7O2. The molecule has 1 amide bonds. The molecule has 1 aromatic heterocycles. The smallest absolute Gasteiger partial charge is 0.255 e. The van der Waals surface area contributed by atoms with Crippen LogP contribution < -0.4 is 20.7 Å². The van der Waals surface area contributed by atoms with Crippen LogP contribution in [0, 0.1) is 24.2 Å². The summed E-state index contributed by atoms with van der Waals surface area (Å²) in [5, 5.41) is 11.6. The van der Waals surface area contributed by atoms with Crippen LogP contribution in [-0.4, -0.2) is 66.8 Å². The van der Waals surface area contributed by atoms with Crippen molar-refractivity contribution >= 4 is 28.9 Å². The number of carbonyl (C=O) groups is 1. The summed E-state index contributed by atoms with van der Waals surface area (Å²) in [5.74, 6) is 7.31. The molecular weight excluding hydrogens is 478 g/mol. The lowest BCUT2D eigenvalue weighted by atomic mass is 10.0. The maximum absolute atomic E-state index is 12.7. The number of nitrogens with zero attached hydrogens (tertiary/aromatic N) is 4. The molecule has 0 aliphatic carbocycles. The Labute approximate surface area is 223 Å². The Morgan fingerprint density at radius 1 is 1.18 bits per heavy atom. The van der Waals surface area contributed by atoms with Gasteiger partial charge >= 0.3 is 0 Å². The monoisotopic (exact) mass is 511 g/mol. The van der Waals surface area contributed by atoms with Crippen molar-refractivity contribution in [3.05, 3.63) is 71.0 Å². The predicted octanol–water partition coefficient (Wildman–Crippen LogP) is 3.58. The first-order chi connectivity index (χ1) is 18.3. The number of nitrogens with one attached hydrogen (secondary N) is 2. The standard InChI is InChI=1S/C29H33N7O2/c1-19-5-9-22(34-29(37)20-6-10-24(38-4)11-7-20)17-21(19)8-12-25(30)26-27(31)32-18-33-28(26)36(3)23-13-15-35(2)16-14-23/h5-7,9-11,17-18,23,30H,13-16H2,1-4H3,(H,34,37)(H2,31,32,33). The van der Waals surface area contributed by atoms with Gasteiger partial charge in [0.25, 0.3) is 5.91 Å². The number of amides is 1. The highest BCUT2D eigenvalue weighted by atomic mass is 16.5. The summed E-state index contributed by atoms with van der Waals surface area (Å²) in [4.78, 5) is 25.7. The fourth-order valence-corrected chi connectivity index (χ4v) is 4.42. The molecule has 0 bridgehead atoms. The summed E-state index contributed by atoms with van der Waals surface area (Å²) >= 11 is 0. The predicted molar refractivity (Wildman–Crippen MR) is 151 cm³/mol. The Morgan fingerprint density at radius 3 is 2.58 bits per heavy atom. The van der Waals surface area contributed by atoms with E-state index in [1.165, 1.54) is 6.33 Å². The Kier molecular flexibility index (Phi) is 8.24. The number of carbonyl (C=O) groups excluding carboxylic acids is 1. The van der Waals surface area contributed by atoms with E-state index in [4.69, 9.17) is 15.9 Å². The highest BCUT2D eigenvalue weighted by molar-refractivity contribution is 6.16. The van der Waals surface area contributed by atoms with Crippen LogP contribution in [0.25, 0.3) is 0 Å². The van der Waals surface area contributed by atoms with Crippen molar-refractivity contribution in [2.24, 2.45) is 0 Å². The number of hydrogen-bond acceptors (Lipinski definition) is 8. The molecule has 0 radical (unpaired) electrons. The third-order valence-electron chi connectivity index (χ3n) is 6.85. The van der Waals surface area contributed by atoms with Gasteiger partial charge in [0.05, 0.1) is 12.7 Å². The van der Waals surface area contributed by atoms with Crippen LogP contribution in [0.15, 0.2) is 48.8 Å². The fraction of sp³-hybridized carbons (Fsp3) is 0.310. The number of ether oxygens (including phenoxy) is 1. The lowest BCUT2D eigenvalue weighted by Gasteiger charge is -2.36. The highest BCUT2D eigenvalue weighted by Gasteiger charge is 2.25. The fourth-order valence-electron chi connectivity index (χ4n) is 4.42. The molecule has 1 aliphatic heterocycles. The van der Waals surface area contributed by atoms with Crippen LogP contribution in [0.4, 0.5) is 17.3 Å². The zero-order valence-corrected chi connectivity index (χ0v) is 22.2. The summed E-state index contributed by atoms with van der Waals surface area (Å²) in [6.45, 7) is 3.95. The zero-order chi connectivity index (χ0) is 27.2. The maximum Gasteiger partial charge on any atom is 0.255 e. The van der Waals surface area contributed by atoms with E-state index in [9.17, 15) is 4.79 Å². The number of rotatable bonds is 6. The second-order valence-corrected chi connectivity index (χ2v) is 9.44. The molecule has 0 spiro atoms. The van der Waals surface area contributed by atoms with Gasteiger partial charge in [0.2, 0.25) is 0 Å². The second-order valence-electron chi connectivity index (χ2n) is 9.44. The van der Waals surface area contributed by atoms with Crippen LogP contribution in [0.5, 0.6) is 5.75 Å². The molecule has 1 aliphatic rings. The first-order valence-electron chi connectivity index (χ1n) is 12.5. The molecule has 2 heterocycles. The number of hydrogen-bond donors (Lipinski definition) is 3. The van der Waals surface area contributed by atoms with Gasteiger partial charge in [-0.05, 0) is 87.8 Å². The Morgan fingerprint density at radius 2 is 1.89 bits per heavy atom. The number of benzene rings is 2. The van der Waals surface area contributed by atoms with Crippen molar-refractivity contribution in [3.63, 3.8) is 0 Å². The van der Waals surface area contributed by atoms with E-state index in [1.807, 2.05) is 26.1 Å². The SMILES string of the molecule is COc1ccc(C(=O)Nc2ccc(C)c(C#CC(=N)c3c(N)ncnc3N(C)C3CCN(C)CC3)c2)cc1. The van der Waals surface area contributed by atoms with Gasteiger partial charge in [-0.3, -0.25) is 10.2 Å². The largest absolute Gasteiger partial charge is 0.497 e. The molecule has 1 saturated heterocycles. The first kappa shape index (κ1) is 26.6. The molecule has 3 aromatic rings. The van der Waals surface area contributed by atoms with Gasteiger partial charge in [-0.25, -0.2) is 9.97 Å². The molecule has 4 rings (SSSR count). The quantitative estimate of drug-likeness (QED) is 0.342. The summed E-state index contributed by atoms with van der Waals surface area (Å²) < 4.78 is 5.15. The van der Waals surface area contributed by atoms with Crippen LogP contribution in [0.2, 0.25) is 0 Å². The van der Waals surface area contributed by atoms with E-state index in [-0.39, 0.29) is 17.4 Å². The number of anilines is 3. The minimum absolute atomic E-state index is 0.0462. The van der Waals surface area contributed by atoms with Crippen LogP contribution >= 0.6 is 0 Å². The number of methoxy groups -OCH3 is 1. The van der Waals surface area contributed by atoms with Gasteiger partial charge in [-0.2, -0.15) is 0 Å². The minimum Gasteiger partial charge on any atom is -0.497 e. The zero-order valence-electron chi connectivity index (χ0n) is 22.2. The molecule has 9 nitrogen and oxygen atoms in total. The van der Waals surface area contributed by atoms with Crippen LogP contribution in [-0.2, 0) is 0 Å². The van der Waals surface area contributed by atoms with Crippen molar-refractivity contribution in [2.45, 2.75) is 25.8 Å². The van der Waals surface area contributed by atoms with Gasteiger partial charge in [-0.1, -0.05) is 12.0 Å². The lowest BCUT2D eigenvalue weighted by molar-refractivity contribution is 0.102. The Bertz CT molecular complexity index is 1380. The Hall–Kier alpha value is -4.42. The number of nitrogen functional groups attached to an aromatic ring is 1. The van der Waals surface area contributed by atoms with Crippen molar-refractivity contribution < 1.29 is 9.53 Å². The van der Waals surface area contributed by atoms with E-state index in [0.717, 1.165) is 31.5 Å². The molecule has 0 unspecified atom stereocenters. The van der Waals surface area contributed by atoms with Gasteiger partial charge in [-0.15, -0.1) is 0 Å². The van der Waals surface area contributed by atoms with Gasteiger partial charge < -0.3 is 25.6 Å². The van der Waals surface area contributed by atoms with Crippen molar-refractivity contribution in [3.8, 4) is 17.6 Å². The lowest BCUT2D eigenvalue weighted by Crippen LogP contribution is -2.42. The molecule has 0 saturated carbocycles. The summed E-state index contributed by atoms with van der Waals surface area (Å²) in [6.07, 6.45) is 3.44. The van der Waals surface area contributed by atoms with Crippen molar-refractivity contribution in [1.82, 2.24) is 14.9 Å². The highest BCUT2D eigenvalue weighted by Crippen LogP contribution is 2.26. The van der Waals surface area contributed by atoms with Crippen molar-refractivity contribution in [1.29, 1.82) is 5.41 Å². The topological polar surface area (TPSA) is 120 Å². The molecule has 196 valence electrons. The van der Waals surface area contributed by atoms with Gasteiger partial charge in [0, 0.05) is 29.9 Å². The van der Waals surface area contributed by atoms with Crippen LogP contribution in [0.3, 0.4) is 0 Å². The third kappa shape index (κ3) is 6.10. The molecule has 0 atom stereocenters. The molecule has 4 N–H and O–H groups in total. The molecule has 9 heteroatoms. The van der Waals surface area contributed by atoms with Crippen LogP contribution in [0.1, 0.15) is 39.9 Å². The minimum atomic E-state index is -0.237. The number of aryl methyl sites for hydroxylation is 1. The van der Waals surface area contributed by atoms with E-state index >= 15 is 0 Å². The average Bonchev–Trinajstić information content (AvgIpc) is 2.93. The maximum atomic E-state index is 12.7. The molecule has 1 fully saturated rings. The summed E-state index contributed by atoms with van der Waals surface area (Å²) in [5.41, 5.74) is 9.44. The number of piperidine rings is 1. The van der Waals surface area contributed by atoms with Gasteiger partial charge in [0.15, 0.2) is 0 Å². The van der Waals surface area contributed by atoms with Gasteiger partial charge in [0.1, 0.15) is 29.4 Å². The van der Waals surface area contributed by atoms with E-state index in [1.54, 1.807) is 37.4 Å². The Balaban J connectivity index is 1.54. The summed E-state index contributed by atoms with van der Waals surface area (Å²) in [6, 6.07) is 12.7.